The Balaban J connectivity index is 1.29. The number of hydrogen-bond acceptors (Lipinski definition) is 4. The molecule has 0 bridgehead atoms. The quantitative estimate of drug-likeness (QED) is 0.335. The van der Waals surface area contributed by atoms with E-state index in [9.17, 15) is 9.59 Å². The summed E-state index contributed by atoms with van der Waals surface area (Å²) in [4.78, 5) is 26.0. The lowest BCUT2D eigenvalue weighted by Crippen LogP contribution is -2.56. The summed E-state index contributed by atoms with van der Waals surface area (Å²) in [5.74, 6) is 0.212. The van der Waals surface area contributed by atoms with Crippen LogP contribution >= 0.6 is 35.0 Å². The highest BCUT2D eigenvalue weighted by Crippen LogP contribution is 2.52. The molecule has 192 valence electrons. The molecule has 1 saturated carbocycles. The molecule has 5 rings (SSSR count). The van der Waals surface area contributed by atoms with Crippen LogP contribution in [0.3, 0.4) is 0 Å². The Labute approximate surface area is 231 Å². The molecule has 0 radical (unpaired) electrons. The van der Waals surface area contributed by atoms with Crippen molar-refractivity contribution in [2.45, 2.75) is 55.1 Å². The Morgan fingerprint density at radius 1 is 0.973 bits per heavy atom. The van der Waals surface area contributed by atoms with Gasteiger partial charge in [-0.15, -0.1) is 11.8 Å². The average molecular weight is 555 g/mol. The molecule has 3 aromatic carbocycles. The van der Waals surface area contributed by atoms with Gasteiger partial charge in [0.15, 0.2) is 0 Å². The van der Waals surface area contributed by atoms with Crippen LogP contribution in [0.1, 0.15) is 49.7 Å². The van der Waals surface area contributed by atoms with Crippen molar-refractivity contribution in [3.8, 4) is 0 Å². The summed E-state index contributed by atoms with van der Waals surface area (Å²) < 4.78 is 0. The minimum atomic E-state index is -0.402. The van der Waals surface area contributed by atoms with E-state index in [0.29, 0.717) is 21.7 Å². The summed E-state index contributed by atoms with van der Waals surface area (Å²) in [5.41, 5.74) is 6.44. The van der Waals surface area contributed by atoms with Crippen molar-refractivity contribution in [1.82, 2.24) is 10.4 Å². The van der Waals surface area contributed by atoms with Gasteiger partial charge in [0.1, 0.15) is 4.87 Å². The van der Waals surface area contributed by atoms with Gasteiger partial charge in [-0.3, -0.25) is 15.0 Å². The number of amides is 2. The monoisotopic (exact) mass is 553 g/mol. The number of carbonyl (C=O) groups is 2. The van der Waals surface area contributed by atoms with Crippen molar-refractivity contribution in [1.29, 1.82) is 0 Å². The molecule has 1 saturated heterocycles. The molecule has 37 heavy (non-hydrogen) atoms. The molecular formula is C29H29Cl2N3O2S. The third kappa shape index (κ3) is 5.47. The highest BCUT2D eigenvalue weighted by Gasteiger charge is 2.52. The lowest BCUT2D eigenvalue weighted by Gasteiger charge is -2.42. The predicted octanol–water partition coefficient (Wildman–Crippen LogP) is 7.33. The second kappa shape index (κ2) is 11.0. The third-order valence-corrected chi connectivity index (χ3v) is 9.45. The molecule has 1 heterocycles. The van der Waals surface area contributed by atoms with E-state index in [2.05, 4.69) is 35.0 Å². The molecule has 2 amide bonds. The number of benzene rings is 3. The molecule has 2 fully saturated rings. The van der Waals surface area contributed by atoms with Crippen LogP contribution in [0.4, 0.5) is 11.4 Å². The van der Waals surface area contributed by atoms with E-state index in [4.69, 9.17) is 23.2 Å². The van der Waals surface area contributed by atoms with E-state index in [0.717, 1.165) is 36.9 Å². The molecule has 2 N–H and O–H groups in total. The number of anilines is 2. The maximum Gasteiger partial charge on any atom is 0.255 e. The minimum absolute atomic E-state index is 0.0363. The number of hydrogen-bond donors (Lipinski definition) is 2. The van der Waals surface area contributed by atoms with E-state index in [1.54, 1.807) is 35.0 Å². The Hall–Kier alpha value is -2.67. The molecule has 0 aromatic heterocycles. The van der Waals surface area contributed by atoms with Gasteiger partial charge in [-0.05, 0) is 67.9 Å². The maximum atomic E-state index is 13.3. The number of thioether (sulfide) groups is 1. The molecule has 1 spiro atoms. The fourth-order valence-corrected chi connectivity index (χ4v) is 7.39. The average Bonchev–Trinajstić information content (AvgIpc) is 3.12. The van der Waals surface area contributed by atoms with Crippen molar-refractivity contribution in [3.05, 3.63) is 94.0 Å². The first-order valence-corrected chi connectivity index (χ1v) is 14.1. The Bertz CT molecular complexity index is 1280. The highest BCUT2D eigenvalue weighted by atomic mass is 35.5. The van der Waals surface area contributed by atoms with Crippen LogP contribution in [0.15, 0.2) is 72.8 Å². The van der Waals surface area contributed by atoms with Crippen molar-refractivity contribution >= 4 is 58.2 Å². The molecule has 8 heteroatoms. The van der Waals surface area contributed by atoms with E-state index >= 15 is 0 Å². The van der Waals surface area contributed by atoms with E-state index in [-0.39, 0.29) is 23.5 Å². The zero-order valence-corrected chi connectivity index (χ0v) is 22.9. The van der Waals surface area contributed by atoms with E-state index in [1.165, 1.54) is 5.56 Å². The summed E-state index contributed by atoms with van der Waals surface area (Å²) in [6.07, 6.45) is 3.76. The first kappa shape index (κ1) is 26.0. The third-order valence-electron chi connectivity index (χ3n) is 7.24. The molecule has 1 atom stereocenters. The molecule has 1 unspecified atom stereocenters. The van der Waals surface area contributed by atoms with Gasteiger partial charge in [0.05, 0.1) is 27.4 Å². The predicted molar refractivity (Wildman–Crippen MR) is 152 cm³/mol. The van der Waals surface area contributed by atoms with Crippen LogP contribution in [0, 0.1) is 0 Å². The molecule has 1 aliphatic heterocycles. The zero-order valence-electron chi connectivity index (χ0n) is 20.5. The first-order chi connectivity index (χ1) is 17.9. The summed E-state index contributed by atoms with van der Waals surface area (Å²) in [6.45, 7) is 1.93. The second-order valence-electron chi connectivity index (χ2n) is 9.66. The van der Waals surface area contributed by atoms with Crippen LogP contribution < -0.4 is 10.7 Å². The van der Waals surface area contributed by atoms with Crippen LogP contribution in [-0.4, -0.2) is 26.9 Å². The van der Waals surface area contributed by atoms with Crippen LogP contribution in [0.25, 0.3) is 0 Å². The van der Waals surface area contributed by atoms with Gasteiger partial charge in [-0.1, -0.05) is 77.8 Å². The molecule has 2 aliphatic rings. The smallest absolute Gasteiger partial charge is 0.255 e. The SMILES string of the molecule is CC1SC2(CCC(c3ccccc3)CC2)N(NC(=O)Cc2ccccc2Nc2c(Cl)cccc2Cl)C1=O. The lowest BCUT2D eigenvalue weighted by atomic mass is 9.81. The number of halogens is 2. The Morgan fingerprint density at radius 2 is 1.62 bits per heavy atom. The van der Waals surface area contributed by atoms with Crippen LogP contribution in [-0.2, 0) is 16.0 Å². The lowest BCUT2D eigenvalue weighted by molar-refractivity contribution is -0.144. The summed E-state index contributed by atoms with van der Waals surface area (Å²) in [5, 5.41) is 5.70. The fourth-order valence-electron chi connectivity index (χ4n) is 5.33. The molecule has 1 aliphatic carbocycles. The maximum absolute atomic E-state index is 13.3. The zero-order chi connectivity index (χ0) is 26.0. The number of nitrogens with zero attached hydrogens (tertiary/aromatic N) is 1. The highest BCUT2D eigenvalue weighted by molar-refractivity contribution is 8.02. The van der Waals surface area contributed by atoms with Gasteiger partial charge >= 0.3 is 0 Å². The largest absolute Gasteiger partial charge is 0.353 e. The van der Waals surface area contributed by atoms with Gasteiger partial charge in [0.25, 0.3) is 5.91 Å². The number of para-hydroxylation sites is 2. The summed E-state index contributed by atoms with van der Waals surface area (Å²) >= 11 is 14.4. The second-order valence-corrected chi connectivity index (χ2v) is 12.2. The molecular weight excluding hydrogens is 525 g/mol. The van der Waals surface area contributed by atoms with Gasteiger partial charge in [0, 0.05) is 5.69 Å². The fraction of sp³-hybridized carbons (Fsp3) is 0.310. The molecule has 3 aromatic rings. The van der Waals surface area contributed by atoms with Crippen molar-refractivity contribution < 1.29 is 9.59 Å². The topological polar surface area (TPSA) is 61.4 Å². The van der Waals surface area contributed by atoms with Gasteiger partial charge in [0.2, 0.25) is 5.91 Å². The van der Waals surface area contributed by atoms with E-state index < -0.39 is 4.87 Å². The summed E-state index contributed by atoms with van der Waals surface area (Å²) in [6, 6.07) is 23.4. The number of rotatable bonds is 6. The number of nitrogens with one attached hydrogen (secondary N) is 2. The van der Waals surface area contributed by atoms with Crippen LogP contribution in [0.5, 0.6) is 0 Å². The molecule has 5 nitrogen and oxygen atoms in total. The number of hydrazine groups is 1. The minimum Gasteiger partial charge on any atom is -0.353 e. The van der Waals surface area contributed by atoms with Gasteiger partial charge < -0.3 is 5.32 Å². The Kier molecular flexibility index (Phi) is 7.70. The standard InChI is InChI=1S/C29H29Cl2N3O2S/c1-19-28(36)34(29(37-19)16-14-21(15-17-29)20-8-3-2-4-9-20)33-26(35)18-22-10-5-6-13-25(22)32-27-23(30)11-7-12-24(27)31/h2-13,19,21,32H,14-18H2,1H3,(H,33,35). The van der Waals surface area contributed by atoms with Crippen molar-refractivity contribution in [2.75, 3.05) is 5.32 Å². The van der Waals surface area contributed by atoms with E-state index in [1.807, 2.05) is 37.3 Å². The van der Waals surface area contributed by atoms with Gasteiger partial charge in [-0.25, -0.2) is 5.01 Å². The first-order valence-electron chi connectivity index (χ1n) is 12.5. The van der Waals surface area contributed by atoms with Crippen molar-refractivity contribution in [2.24, 2.45) is 0 Å². The van der Waals surface area contributed by atoms with Crippen LogP contribution in [0.2, 0.25) is 10.0 Å². The van der Waals surface area contributed by atoms with Gasteiger partial charge in [-0.2, -0.15) is 0 Å². The summed E-state index contributed by atoms with van der Waals surface area (Å²) in [7, 11) is 0. The van der Waals surface area contributed by atoms with Crippen molar-refractivity contribution in [3.63, 3.8) is 0 Å². The number of carbonyl (C=O) groups excluding carboxylic acids is 2. The Morgan fingerprint density at radius 3 is 2.32 bits per heavy atom. The normalized spacial score (nSPS) is 23.3.